The van der Waals surface area contributed by atoms with Crippen LogP contribution in [0, 0.1) is 29.6 Å². The Morgan fingerprint density at radius 2 is 1.82 bits per heavy atom. The molecule has 0 bridgehead atoms. The Labute approximate surface area is 201 Å². The van der Waals surface area contributed by atoms with E-state index in [0.29, 0.717) is 17.9 Å². The number of aliphatic hydroxyl groups excluding tert-OH is 1. The Morgan fingerprint density at radius 1 is 1.15 bits per heavy atom. The molecule has 8 heteroatoms. The smallest absolute Gasteiger partial charge is 0.247 e. The van der Waals surface area contributed by atoms with E-state index in [4.69, 9.17) is 4.74 Å². The van der Waals surface area contributed by atoms with Gasteiger partial charge in [0.25, 0.3) is 0 Å². The van der Waals surface area contributed by atoms with E-state index < -0.39 is 29.8 Å². The first-order chi connectivity index (χ1) is 16.3. The predicted octanol–water partition coefficient (Wildman–Crippen LogP) is 2.44. The van der Waals surface area contributed by atoms with E-state index in [1.54, 1.807) is 43.3 Å². The highest BCUT2D eigenvalue weighted by Gasteiger charge is 2.58. The number of anilines is 1. The summed E-state index contributed by atoms with van der Waals surface area (Å²) >= 11 is 0. The molecule has 1 fully saturated rings. The molecule has 0 aromatic heterocycles. The maximum atomic E-state index is 13.9. The highest BCUT2D eigenvalue weighted by molar-refractivity contribution is 6.02. The number of hydrogen-bond donors (Lipinski definition) is 3. The van der Waals surface area contributed by atoms with Crippen molar-refractivity contribution in [1.82, 2.24) is 10.2 Å². The maximum Gasteiger partial charge on any atom is 0.247 e. The van der Waals surface area contributed by atoms with Crippen molar-refractivity contribution in [2.75, 3.05) is 26.1 Å². The van der Waals surface area contributed by atoms with Gasteiger partial charge in [-0.1, -0.05) is 39.3 Å². The SMILES string of the molecule is CC[C@H](C)[C@H](CO)N1C(=O)[C@@H]2[C@H](C=C[C@@H](CC)[C@H]2C(=O)NC)[C@H]1C(=O)Nc1ccc(OC)cc1. The molecule has 1 aromatic carbocycles. The van der Waals surface area contributed by atoms with Crippen LogP contribution in [0.3, 0.4) is 0 Å². The van der Waals surface area contributed by atoms with E-state index in [-0.39, 0.29) is 36.2 Å². The molecule has 8 nitrogen and oxygen atoms in total. The molecule has 3 N–H and O–H groups in total. The molecule has 3 amide bonds. The number of likely N-dealkylation sites (tertiary alicyclic amines) is 1. The van der Waals surface area contributed by atoms with Crippen molar-refractivity contribution in [3.8, 4) is 5.75 Å². The van der Waals surface area contributed by atoms with Crippen molar-refractivity contribution in [2.45, 2.75) is 45.7 Å². The van der Waals surface area contributed by atoms with E-state index in [1.807, 2.05) is 32.9 Å². The molecule has 2 aliphatic rings. The van der Waals surface area contributed by atoms with Gasteiger partial charge in [0.1, 0.15) is 11.8 Å². The molecule has 0 saturated carbocycles. The van der Waals surface area contributed by atoms with Gasteiger partial charge in [0.2, 0.25) is 17.7 Å². The van der Waals surface area contributed by atoms with Crippen molar-refractivity contribution in [1.29, 1.82) is 0 Å². The number of carbonyl (C=O) groups excluding carboxylic acids is 3. The quantitative estimate of drug-likeness (QED) is 0.480. The van der Waals surface area contributed by atoms with Crippen LogP contribution in [0.25, 0.3) is 0 Å². The summed E-state index contributed by atoms with van der Waals surface area (Å²) in [4.78, 5) is 42.0. The standard InChI is InChI=1S/C26H37N3O5/c1-6-15(3)20(14-30)29-23(25(32)28-17-9-11-18(34-5)12-10-17)19-13-8-16(7-2)21(24(31)27-4)22(19)26(29)33/h8-13,15-16,19-23,30H,6-7,14H2,1-5H3,(H,27,31)(H,28,32)/t15-,16+,19-,20-,21+,22+,23-/m0/s1. The van der Waals surface area contributed by atoms with E-state index in [9.17, 15) is 19.5 Å². The third kappa shape index (κ3) is 4.69. The summed E-state index contributed by atoms with van der Waals surface area (Å²) in [5, 5.41) is 15.9. The van der Waals surface area contributed by atoms with Gasteiger partial charge < -0.3 is 25.4 Å². The number of nitrogens with one attached hydrogen (secondary N) is 2. The number of rotatable bonds is 9. The summed E-state index contributed by atoms with van der Waals surface area (Å²) in [5.41, 5.74) is 0.583. The van der Waals surface area contributed by atoms with Gasteiger partial charge in [-0.2, -0.15) is 0 Å². The number of benzene rings is 1. The van der Waals surface area contributed by atoms with Gasteiger partial charge in [-0.15, -0.1) is 0 Å². The van der Waals surface area contributed by atoms with E-state index in [0.717, 1.165) is 6.42 Å². The van der Waals surface area contributed by atoms with Crippen LogP contribution in [0.1, 0.15) is 33.6 Å². The number of aliphatic hydroxyl groups is 1. The first-order valence-corrected chi connectivity index (χ1v) is 12.1. The van der Waals surface area contributed by atoms with Gasteiger partial charge in [-0.3, -0.25) is 14.4 Å². The van der Waals surface area contributed by atoms with Crippen LogP contribution in [0.4, 0.5) is 5.69 Å². The fraction of sp³-hybridized carbons (Fsp3) is 0.577. The molecule has 0 radical (unpaired) electrons. The summed E-state index contributed by atoms with van der Waals surface area (Å²) in [6, 6.07) is 5.63. The summed E-state index contributed by atoms with van der Waals surface area (Å²) < 4.78 is 5.19. The largest absolute Gasteiger partial charge is 0.497 e. The fourth-order valence-corrected chi connectivity index (χ4v) is 5.42. The minimum atomic E-state index is -0.827. The number of allylic oxidation sites excluding steroid dienone is 1. The van der Waals surface area contributed by atoms with Crippen LogP contribution in [-0.4, -0.2) is 60.6 Å². The zero-order chi connectivity index (χ0) is 25.0. The second-order valence-corrected chi connectivity index (χ2v) is 9.24. The molecule has 34 heavy (non-hydrogen) atoms. The Kier molecular flexibility index (Phi) is 8.36. The predicted molar refractivity (Wildman–Crippen MR) is 130 cm³/mol. The van der Waals surface area contributed by atoms with E-state index in [2.05, 4.69) is 10.6 Å². The van der Waals surface area contributed by atoms with E-state index >= 15 is 0 Å². The monoisotopic (exact) mass is 471 g/mol. The van der Waals surface area contributed by atoms with Crippen LogP contribution in [-0.2, 0) is 14.4 Å². The molecule has 0 spiro atoms. The molecule has 1 aliphatic carbocycles. The number of methoxy groups -OCH3 is 1. The Hall–Kier alpha value is -2.87. The van der Waals surface area contributed by atoms with E-state index in [1.165, 1.54) is 0 Å². The number of hydrogen-bond acceptors (Lipinski definition) is 5. The van der Waals surface area contributed by atoms with Crippen molar-refractivity contribution in [3.63, 3.8) is 0 Å². The number of amides is 3. The van der Waals surface area contributed by atoms with Crippen molar-refractivity contribution >= 4 is 23.4 Å². The number of nitrogens with zero attached hydrogens (tertiary/aromatic N) is 1. The first-order valence-electron chi connectivity index (χ1n) is 12.1. The second kappa shape index (κ2) is 11.0. The molecular formula is C26H37N3O5. The summed E-state index contributed by atoms with van der Waals surface area (Å²) in [7, 11) is 3.14. The Bertz CT molecular complexity index is 916. The van der Waals surface area contributed by atoms with Gasteiger partial charge in [0, 0.05) is 18.7 Å². The maximum absolute atomic E-state index is 13.9. The lowest BCUT2D eigenvalue weighted by Gasteiger charge is -2.36. The third-order valence-electron chi connectivity index (χ3n) is 7.54. The average Bonchev–Trinajstić information content (AvgIpc) is 3.15. The molecule has 1 saturated heterocycles. The lowest BCUT2D eigenvalue weighted by molar-refractivity contribution is -0.143. The lowest BCUT2D eigenvalue weighted by atomic mass is 9.69. The van der Waals surface area contributed by atoms with Gasteiger partial charge in [0.15, 0.2) is 0 Å². The zero-order valence-corrected chi connectivity index (χ0v) is 20.7. The molecule has 7 atom stereocenters. The van der Waals surface area contributed by atoms with Crippen molar-refractivity contribution in [3.05, 3.63) is 36.4 Å². The average molecular weight is 472 g/mol. The highest BCUT2D eigenvalue weighted by Crippen LogP contribution is 2.46. The Morgan fingerprint density at radius 3 is 2.35 bits per heavy atom. The summed E-state index contributed by atoms with van der Waals surface area (Å²) in [6.45, 7) is 5.70. The minimum absolute atomic E-state index is 0.0187. The summed E-state index contributed by atoms with van der Waals surface area (Å²) in [5.74, 6) is -1.88. The van der Waals surface area contributed by atoms with Gasteiger partial charge >= 0.3 is 0 Å². The molecule has 3 rings (SSSR count). The normalized spacial score (nSPS) is 27.6. The first kappa shape index (κ1) is 25.7. The second-order valence-electron chi connectivity index (χ2n) is 9.24. The Balaban J connectivity index is 2.04. The number of carbonyl (C=O) groups is 3. The molecule has 1 heterocycles. The number of ether oxygens (including phenoxy) is 1. The van der Waals surface area contributed by atoms with Crippen molar-refractivity contribution in [2.24, 2.45) is 29.6 Å². The van der Waals surface area contributed by atoms with Crippen LogP contribution in [0.15, 0.2) is 36.4 Å². The molecular weight excluding hydrogens is 434 g/mol. The fourth-order valence-electron chi connectivity index (χ4n) is 5.42. The number of fused-ring (bicyclic) bond motifs is 1. The molecule has 1 aromatic rings. The van der Waals surface area contributed by atoms with Crippen LogP contribution < -0.4 is 15.4 Å². The zero-order valence-electron chi connectivity index (χ0n) is 20.7. The van der Waals surface area contributed by atoms with Gasteiger partial charge in [-0.25, -0.2) is 0 Å². The minimum Gasteiger partial charge on any atom is -0.497 e. The van der Waals surface area contributed by atoms with Crippen molar-refractivity contribution < 1.29 is 24.2 Å². The van der Waals surface area contributed by atoms with Crippen LogP contribution in [0.2, 0.25) is 0 Å². The lowest BCUT2D eigenvalue weighted by Crippen LogP contribution is -2.52. The van der Waals surface area contributed by atoms with Gasteiger partial charge in [-0.05, 0) is 42.5 Å². The summed E-state index contributed by atoms with van der Waals surface area (Å²) in [6.07, 6.45) is 5.36. The van der Waals surface area contributed by atoms with Crippen LogP contribution in [0.5, 0.6) is 5.75 Å². The molecule has 186 valence electrons. The topological polar surface area (TPSA) is 108 Å². The van der Waals surface area contributed by atoms with Gasteiger partial charge in [0.05, 0.1) is 31.6 Å². The molecule has 0 unspecified atom stereocenters. The highest BCUT2D eigenvalue weighted by atomic mass is 16.5. The third-order valence-corrected chi connectivity index (χ3v) is 7.54. The van der Waals surface area contributed by atoms with Crippen LogP contribution >= 0.6 is 0 Å². The molecule has 1 aliphatic heterocycles.